The number of rotatable bonds is 3. The van der Waals surface area contributed by atoms with Gasteiger partial charge in [-0.1, -0.05) is 6.92 Å². The van der Waals surface area contributed by atoms with Crippen molar-refractivity contribution >= 4 is 5.69 Å². The van der Waals surface area contributed by atoms with Gasteiger partial charge in [-0.2, -0.15) is 5.10 Å². The Balaban J connectivity index is 1.65. The van der Waals surface area contributed by atoms with Crippen LogP contribution in [-0.4, -0.2) is 39.9 Å². The van der Waals surface area contributed by atoms with Gasteiger partial charge in [-0.3, -0.25) is 4.68 Å². The van der Waals surface area contributed by atoms with Gasteiger partial charge >= 0.3 is 0 Å². The fourth-order valence-corrected chi connectivity index (χ4v) is 3.49. The normalized spacial score (nSPS) is 28.3. The molecular formula is C14H24N4. The van der Waals surface area contributed by atoms with E-state index in [2.05, 4.69) is 28.4 Å². The summed E-state index contributed by atoms with van der Waals surface area (Å²) >= 11 is 0. The predicted molar refractivity (Wildman–Crippen MR) is 73.8 cm³/mol. The maximum Gasteiger partial charge on any atom is 0.0853 e. The zero-order chi connectivity index (χ0) is 12.5. The zero-order valence-electron chi connectivity index (χ0n) is 11.5. The summed E-state index contributed by atoms with van der Waals surface area (Å²) in [7, 11) is 2.00. The SMILES string of the molecule is CCc1nn(C)cc1NC1CCN2CCCC2C1. The molecule has 1 aromatic rings. The van der Waals surface area contributed by atoms with Gasteiger partial charge in [0.05, 0.1) is 11.4 Å². The van der Waals surface area contributed by atoms with Crippen LogP contribution in [0.1, 0.15) is 38.3 Å². The van der Waals surface area contributed by atoms with E-state index < -0.39 is 0 Å². The maximum absolute atomic E-state index is 4.50. The molecule has 2 atom stereocenters. The molecule has 0 spiro atoms. The number of aromatic nitrogens is 2. The maximum atomic E-state index is 4.50. The minimum atomic E-state index is 0.638. The van der Waals surface area contributed by atoms with Crippen LogP contribution < -0.4 is 5.32 Å². The number of anilines is 1. The summed E-state index contributed by atoms with van der Waals surface area (Å²) in [5, 5.41) is 8.23. The molecular weight excluding hydrogens is 224 g/mol. The van der Waals surface area contributed by atoms with Gasteiger partial charge in [-0.15, -0.1) is 0 Å². The van der Waals surface area contributed by atoms with Gasteiger partial charge in [0.2, 0.25) is 0 Å². The second-order valence-electron chi connectivity index (χ2n) is 5.71. The van der Waals surface area contributed by atoms with Gasteiger partial charge in [-0.05, 0) is 38.6 Å². The number of fused-ring (bicyclic) bond motifs is 1. The predicted octanol–water partition coefficient (Wildman–Crippen LogP) is 2.02. The first-order valence-electron chi connectivity index (χ1n) is 7.29. The summed E-state index contributed by atoms with van der Waals surface area (Å²) < 4.78 is 1.92. The molecule has 0 amide bonds. The summed E-state index contributed by atoms with van der Waals surface area (Å²) in [4.78, 5) is 2.67. The molecule has 2 aliphatic rings. The fourth-order valence-electron chi connectivity index (χ4n) is 3.49. The van der Waals surface area contributed by atoms with Gasteiger partial charge in [0.1, 0.15) is 0 Å². The Hall–Kier alpha value is -1.03. The van der Waals surface area contributed by atoms with E-state index in [1.165, 1.54) is 50.2 Å². The molecule has 3 rings (SSSR count). The van der Waals surface area contributed by atoms with E-state index in [0.717, 1.165) is 12.5 Å². The Morgan fingerprint density at radius 3 is 3.11 bits per heavy atom. The van der Waals surface area contributed by atoms with E-state index in [1.54, 1.807) is 0 Å². The first-order valence-corrected chi connectivity index (χ1v) is 7.29. The Morgan fingerprint density at radius 1 is 1.39 bits per heavy atom. The van der Waals surface area contributed by atoms with Crippen molar-refractivity contribution in [1.29, 1.82) is 0 Å². The molecule has 2 saturated heterocycles. The number of hydrogen-bond acceptors (Lipinski definition) is 3. The van der Waals surface area contributed by atoms with Crippen molar-refractivity contribution in [2.75, 3.05) is 18.4 Å². The Labute approximate surface area is 109 Å². The Kier molecular flexibility index (Phi) is 3.29. The highest BCUT2D eigenvalue weighted by Gasteiger charge is 2.31. The van der Waals surface area contributed by atoms with Gasteiger partial charge in [0.25, 0.3) is 0 Å². The van der Waals surface area contributed by atoms with E-state index in [0.29, 0.717) is 6.04 Å². The Morgan fingerprint density at radius 2 is 2.28 bits per heavy atom. The van der Waals surface area contributed by atoms with Crippen LogP contribution >= 0.6 is 0 Å². The lowest BCUT2D eigenvalue weighted by Crippen LogP contribution is -2.42. The fraction of sp³-hybridized carbons (Fsp3) is 0.786. The van der Waals surface area contributed by atoms with Crippen LogP contribution in [0.2, 0.25) is 0 Å². The van der Waals surface area contributed by atoms with Crippen molar-refractivity contribution < 1.29 is 0 Å². The van der Waals surface area contributed by atoms with Crippen LogP contribution in [0, 0.1) is 0 Å². The second kappa shape index (κ2) is 4.92. The highest BCUT2D eigenvalue weighted by atomic mass is 15.3. The largest absolute Gasteiger partial charge is 0.379 e. The number of nitrogens with zero attached hydrogens (tertiary/aromatic N) is 3. The molecule has 100 valence electrons. The quantitative estimate of drug-likeness (QED) is 0.888. The first kappa shape index (κ1) is 12.0. The van der Waals surface area contributed by atoms with Crippen LogP contribution in [0.4, 0.5) is 5.69 Å². The lowest BCUT2D eigenvalue weighted by atomic mass is 9.97. The molecule has 0 radical (unpaired) electrons. The topological polar surface area (TPSA) is 33.1 Å². The van der Waals surface area contributed by atoms with Gasteiger partial charge in [0.15, 0.2) is 0 Å². The third kappa shape index (κ3) is 2.26. The van der Waals surface area contributed by atoms with Gasteiger partial charge < -0.3 is 10.2 Å². The van der Waals surface area contributed by atoms with Crippen LogP contribution in [0.5, 0.6) is 0 Å². The van der Waals surface area contributed by atoms with E-state index in [-0.39, 0.29) is 0 Å². The van der Waals surface area contributed by atoms with Gasteiger partial charge in [0, 0.05) is 31.9 Å². The van der Waals surface area contributed by atoms with Crippen molar-refractivity contribution in [3.8, 4) is 0 Å². The number of piperidine rings is 1. The van der Waals surface area contributed by atoms with Crippen molar-refractivity contribution in [2.24, 2.45) is 7.05 Å². The van der Waals surface area contributed by atoms with Crippen molar-refractivity contribution in [1.82, 2.24) is 14.7 Å². The lowest BCUT2D eigenvalue weighted by molar-refractivity contribution is 0.188. The molecule has 2 aliphatic heterocycles. The first-order chi connectivity index (χ1) is 8.76. The number of nitrogens with one attached hydrogen (secondary N) is 1. The number of aryl methyl sites for hydroxylation is 2. The van der Waals surface area contributed by atoms with Crippen LogP contribution in [0.3, 0.4) is 0 Å². The minimum Gasteiger partial charge on any atom is -0.379 e. The smallest absolute Gasteiger partial charge is 0.0853 e. The average Bonchev–Trinajstić information content (AvgIpc) is 2.95. The summed E-state index contributed by atoms with van der Waals surface area (Å²) in [6.07, 6.45) is 8.49. The van der Waals surface area contributed by atoms with Crippen LogP contribution in [-0.2, 0) is 13.5 Å². The molecule has 0 aliphatic carbocycles. The summed E-state index contributed by atoms with van der Waals surface area (Å²) in [5.41, 5.74) is 2.45. The molecule has 1 aromatic heterocycles. The second-order valence-corrected chi connectivity index (χ2v) is 5.71. The molecule has 4 heteroatoms. The molecule has 3 heterocycles. The van der Waals surface area contributed by atoms with Crippen LogP contribution in [0.25, 0.3) is 0 Å². The van der Waals surface area contributed by atoms with E-state index in [4.69, 9.17) is 0 Å². The van der Waals surface area contributed by atoms with Crippen molar-refractivity contribution in [3.05, 3.63) is 11.9 Å². The van der Waals surface area contributed by atoms with E-state index in [1.807, 2.05) is 11.7 Å². The molecule has 0 bridgehead atoms. The summed E-state index contributed by atoms with van der Waals surface area (Å²) in [6.45, 7) is 4.77. The molecule has 2 fully saturated rings. The standard InChI is InChI=1S/C14H24N4/c1-3-13-14(10-17(2)16-13)15-11-6-8-18-7-4-5-12(18)9-11/h10-12,15H,3-9H2,1-2H3. The van der Waals surface area contributed by atoms with E-state index in [9.17, 15) is 0 Å². The molecule has 0 saturated carbocycles. The molecule has 18 heavy (non-hydrogen) atoms. The van der Waals surface area contributed by atoms with E-state index >= 15 is 0 Å². The van der Waals surface area contributed by atoms with Crippen molar-refractivity contribution in [2.45, 2.75) is 51.1 Å². The monoisotopic (exact) mass is 248 g/mol. The van der Waals surface area contributed by atoms with Crippen molar-refractivity contribution in [3.63, 3.8) is 0 Å². The van der Waals surface area contributed by atoms with Gasteiger partial charge in [-0.25, -0.2) is 0 Å². The minimum absolute atomic E-state index is 0.638. The molecule has 1 N–H and O–H groups in total. The zero-order valence-corrected chi connectivity index (χ0v) is 11.5. The van der Waals surface area contributed by atoms with Crippen LogP contribution in [0.15, 0.2) is 6.20 Å². The Bertz CT molecular complexity index is 412. The third-order valence-corrected chi connectivity index (χ3v) is 4.42. The highest BCUT2D eigenvalue weighted by Crippen LogP contribution is 2.29. The molecule has 4 nitrogen and oxygen atoms in total. The average molecular weight is 248 g/mol. The third-order valence-electron chi connectivity index (χ3n) is 4.42. The summed E-state index contributed by atoms with van der Waals surface area (Å²) in [6, 6.07) is 1.47. The summed E-state index contributed by atoms with van der Waals surface area (Å²) in [5.74, 6) is 0. The highest BCUT2D eigenvalue weighted by molar-refractivity contribution is 5.47. The number of hydrogen-bond donors (Lipinski definition) is 1. The molecule has 0 aromatic carbocycles. The molecule has 2 unspecified atom stereocenters. The lowest BCUT2D eigenvalue weighted by Gasteiger charge is -2.35.